The van der Waals surface area contributed by atoms with E-state index in [1.54, 1.807) is 6.07 Å². The number of fused-ring (bicyclic) bond motifs is 1. The van der Waals surface area contributed by atoms with Crippen LogP contribution >= 0.6 is 0 Å². The fourth-order valence-electron chi connectivity index (χ4n) is 2.72. The molecule has 0 amide bonds. The maximum absolute atomic E-state index is 14.0. The van der Waals surface area contributed by atoms with Crippen molar-refractivity contribution in [3.05, 3.63) is 46.9 Å². The van der Waals surface area contributed by atoms with E-state index in [-0.39, 0.29) is 22.6 Å². The average molecular weight is 418 g/mol. The van der Waals surface area contributed by atoms with Gasteiger partial charge in [-0.25, -0.2) is 12.8 Å². The van der Waals surface area contributed by atoms with Gasteiger partial charge in [0.15, 0.2) is 0 Å². The van der Waals surface area contributed by atoms with Crippen molar-refractivity contribution < 1.29 is 35.8 Å². The molecule has 0 heterocycles. The Balaban J connectivity index is 2.58. The molecule has 1 aromatic carbocycles. The van der Waals surface area contributed by atoms with Gasteiger partial charge in [-0.15, -0.1) is 0 Å². The number of rotatable bonds is 5. The van der Waals surface area contributed by atoms with Gasteiger partial charge < -0.3 is 9.84 Å². The summed E-state index contributed by atoms with van der Waals surface area (Å²) in [4.78, 5) is 2.20. The number of aliphatic hydroxyl groups excluding tert-OH is 1. The number of sulfone groups is 1. The van der Waals surface area contributed by atoms with Gasteiger partial charge in [0.05, 0.1) is 10.5 Å². The van der Waals surface area contributed by atoms with E-state index in [4.69, 9.17) is 10.00 Å². The minimum atomic E-state index is -5.80. The van der Waals surface area contributed by atoms with Crippen LogP contribution < -0.4 is 4.74 Å². The van der Waals surface area contributed by atoms with Crippen LogP contribution in [-0.4, -0.2) is 31.9 Å². The molecule has 6 nitrogen and oxygen atoms in total. The molecule has 11 heteroatoms. The van der Waals surface area contributed by atoms with Gasteiger partial charge in [0.2, 0.25) is 0 Å². The van der Waals surface area contributed by atoms with E-state index in [2.05, 4.69) is 11.7 Å². The van der Waals surface area contributed by atoms with Gasteiger partial charge in [-0.1, -0.05) is 0 Å². The Kier molecular flexibility index (Phi) is 5.96. The highest BCUT2D eigenvalue weighted by molar-refractivity contribution is 7.92. The van der Waals surface area contributed by atoms with Crippen LogP contribution in [0.2, 0.25) is 0 Å². The zero-order valence-electron chi connectivity index (χ0n) is 14.4. The zero-order valence-corrected chi connectivity index (χ0v) is 15.2. The second kappa shape index (κ2) is 7.73. The predicted molar refractivity (Wildman–Crippen MR) is 90.9 cm³/mol. The summed E-state index contributed by atoms with van der Waals surface area (Å²) in [6.45, 7) is 4.61. The molecule has 0 radical (unpaired) electrons. The minimum absolute atomic E-state index is 0.0591. The van der Waals surface area contributed by atoms with Gasteiger partial charge in [-0.05, 0) is 31.9 Å². The molecule has 0 aliphatic heterocycles. The predicted octanol–water partition coefficient (Wildman–Crippen LogP) is 3.30. The van der Waals surface area contributed by atoms with Crippen LogP contribution in [0.3, 0.4) is 0 Å². The SMILES string of the molecule is C=N/C=C(C#N)\C=C(/C)Oc1ccc(S(=O)(=O)C(F)(F)F)c2c1C[C@@H](F)[C@H]2O. The zero-order chi connectivity index (χ0) is 21.3. The Morgan fingerprint density at radius 2 is 2.11 bits per heavy atom. The first-order valence-corrected chi connectivity index (χ1v) is 9.13. The number of aliphatic imine (C=N–C) groups is 1. The third kappa shape index (κ3) is 3.93. The third-order valence-corrected chi connectivity index (χ3v) is 5.44. The topological polar surface area (TPSA) is 99.8 Å². The Hall–Kier alpha value is -2.71. The second-order valence-corrected chi connectivity index (χ2v) is 7.71. The number of nitriles is 1. The van der Waals surface area contributed by atoms with Gasteiger partial charge in [0.25, 0.3) is 9.84 Å². The number of hydrogen-bond donors (Lipinski definition) is 1. The first-order chi connectivity index (χ1) is 12.9. The van der Waals surface area contributed by atoms with Crippen molar-refractivity contribution in [2.75, 3.05) is 0 Å². The average Bonchev–Trinajstić information content (AvgIpc) is 2.89. The lowest BCUT2D eigenvalue weighted by Gasteiger charge is -2.17. The molecule has 0 saturated carbocycles. The number of benzene rings is 1. The van der Waals surface area contributed by atoms with Gasteiger partial charge in [0.1, 0.15) is 29.9 Å². The molecule has 0 bridgehead atoms. The van der Waals surface area contributed by atoms with Crippen molar-refractivity contribution in [3.8, 4) is 11.8 Å². The molecule has 1 aromatic rings. The summed E-state index contributed by atoms with van der Waals surface area (Å²) in [5.41, 5.74) is -6.43. The van der Waals surface area contributed by atoms with Crippen LogP contribution in [0.5, 0.6) is 5.75 Å². The number of nitrogens with zero attached hydrogens (tertiary/aromatic N) is 2. The highest BCUT2D eigenvalue weighted by Crippen LogP contribution is 2.45. The van der Waals surface area contributed by atoms with Gasteiger partial charge in [0, 0.05) is 23.7 Å². The standard InChI is InChI=1S/C17H14F4N2O4S/c1-9(5-10(7-22)8-23-2)27-13-3-4-14(28(25,26)17(19,20)21)15-11(13)6-12(18)16(15)24/h3-5,8,12,16,24H,2,6H2,1H3/b9-5+,10-8+/t12-,16-/m1/s1. The molecule has 0 saturated heterocycles. The van der Waals surface area contributed by atoms with Crippen LogP contribution in [0.4, 0.5) is 17.6 Å². The van der Waals surface area contributed by atoms with Gasteiger partial charge in [-0.3, -0.25) is 4.99 Å². The lowest BCUT2D eigenvalue weighted by molar-refractivity contribution is -0.0437. The number of aliphatic hydroxyl groups is 1. The van der Waals surface area contributed by atoms with Crippen molar-refractivity contribution in [2.24, 2.45) is 4.99 Å². The fourth-order valence-corrected chi connectivity index (χ4v) is 3.75. The van der Waals surface area contributed by atoms with Crippen molar-refractivity contribution in [2.45, 2.75) is 36.0 Å². The van der Waals surface area contributed by atoms with Crippen molar-refractivity contribution >= 4 is 16.6 Å². The second-order valence-electron chi connectivity index (χ2n) is 5.80. The maximum atomic E-state index is 14.0. The molecule has 1 aliphatic rings. The van der Waals surface area contributed by atoms with Crippen molar-refractivity contribution in [3.63, 3.8) is 0 Å². The first kappa shape index (κ1) is 21.6. The molecule has 0 spiro atoms. The summed E-state index contributed by atoms with van der Waals surface area (Å²) in [6, 6.07) is 3.35. The smallest absolute Gasteiger partial charge is 0.462 e. The molecular weight excluding hydrogens is 404 g/mol. The molecule has 0 aromatic heterocycles. The monoisotopic (exact) mass is 418 g/mol. The van der Waals surface area contributed by atoms with Crippen molar-refractivity contribution in [1.29, 1.82) is 5.26 Å². The largest absolute Gasteiger partial charge is 0.501 e. The highest BCUT2D eigenvalue weighted by Gasteiger charge is 2.50. The highest BCUT2D eigenvalue weighted by atomic mass is 32.2. The summed E-state index contributed by atoms with van der Waals surface area (Å²) >= 11 is 0. The molecule has 28 heavy (non-hydrogen) atoms. The Morgan fingerprint density at radius 3 is 2.64 bits per heavy atom. The van der Waals surface area contributed by atoms with E-state index in [1.807, 2.05) is 0 Å². The lowest BCUT2D eigenvalue weighted by Crippen LogP contribution is -2.25. The number of halogens is 4. The number of hydrogen-bond acceptors (Lipinski definition) is 6. The summed E-state index contributed by atoms with van der Waals surface area (Å²) in [5, 5.41) is 18.9. The molecule has 0 unspecified atom stereocenters. The third-order valence-electron chi connectivity index (χ3n) is 3.89. The molecule has 1 N–H and O–H groups in total. The van der Waals surface area contributed by atoms with Crippen LogP contribution in [0.25, 0.3) is 0 Å². The number of ether oxygens (including phenoxy) is 1. The molecule has 2 atom stereocenters. The van der Waals surface area contributed by atoms with E-state index < -0.39 is 44.5 Å². The van der Waals surface area contributed by atoms with Gasteiger partial charge >= 0.3 is 5.51 Å². The van der Waals surface area contributed by atoms with E-state index in [0.29, 0.717) is 6.07 Å². The van der Waals surface area contributed by atoms with E-state index in [9.17, 15) is 31.1 Å². The van der Waals surface area contributed by atoms with E-state index >= 15 is 0 Å². The van der Waals surface area contributed by atoms with E-state index in [0.717, 1.165) is 12.3 Å². The quantitative estimate of drug-likeness (QED) is 0.260. The molecular formula is C17H14F4N2O4S. The first-order valence-electron chi connectivity index (χ1n) is 7.65. The van der Waals surface area contributed by atoms with Crippen LogP contribution in [-0.2, 0) is 16.3 Å². The van der Waals surface area contributed by atoms with Crippen LogP contribution in [0, 0.1) is 11.3 Å². The summed E-state index contributed by atoms with van der Waals surface area (Å²) in [6.07, 6.45) is -2.19. The number of allylic oxidation sites excluding steroid dienone is 3. The summed E-state index contributed by atoms with van der Waals surface area (Å²) < 4.78 is 81.8. The van der Waals surface area contributed by atoms with Crippen LogP contribution in [0.1, 0.15) is 24.2 Å². The molecule has 1 aliphatic carbocycles. The van der Waals surface area contributed by atoms with Gasteiger partial charge in [-0.2, -0.15) is 18.4 Å². The Bertz CT molecular complexity index is 1010. The normalized spacial score (nSPS) is 20.5. The van der Waals surface area contributed by atoms with E-state index in [1.165, 1.54) is 13.0 Å². The lowest BCUT2D eigenvalue weighted by atomic mass is 10.1. The Morgan fingerprint density at radius 1 is 1.46 bits per heavy atom. The van der Waals surface area contributed by atoms with Crippen molar-refractivity contribution in [1.82, 2.24) is 0 Å². The van der Waals surface area contributed by atoms with Crippen LogP contribution in [0.15, 0.2) is 45.6 Å². The Labute approximate surface area is 158 Å². The summed E-state index contributed by atoms with van der Waals surface area (Å²) in [5.74, 6) is -0.0326. The molecule has 150 valence electrons. The summed E-state index contributed by atoms with van der Waals surface area (Å²) in [7, 11) is -5.80. The molecule has 2 rings (SSSR count). The molecule has 0 fully saturated rings. The number of alkyl halides is 4. The fraction of sp³-hybridized carbons (Fsp3) is 0.294. The minimum Gasteiger partial charge on any atom is -0.462 e. The maximum Gasteiger partial charge on any atom is 0.501 e.